The van der Waals surface area contributed by atoms with Crippen LogP contribution in [0.1, 0.15) is 36.5 Å². The van der Waals surface area contributed by atoms with E-state index in [1.807, 2.05) is 44.2 Å². The van der Waals surface area contributed by atoms with Crippen LogP contribution in [0, 0.1) is 13.8 Å². The van der Waals surface area contributed by atoms with Crippen LogP contribution in [-0.4, -0.2) is 12.6 Å². The van der Waals surface area contributed by atoms with Crippen LogP contribution < -0.4 is 9.47 Å². The largest absolute Gasteiger partial charge is 0.482 e. The van der Waals surface area contributed by atoms with Gasteiger partial charge in [0.2, 0.25) is 0 Å². The van der Waals surface area contributed by atoms with Gasteiger partial charge < -0.3 is 9.47 Å². The number of carbonyl (C=O) groups excluding carboxylic acids is 1. The van der Waals surface area contributed by atoms with Gasteiger partial charge in [-0.3, -0.25) is 0 Å². The highest BCUT2D eigenvalue weighted by atomic mass is 79.9. The summed E-state index contributed by atoms with van der Waals surface area (Å²) < 4.78 is 12.0. The topological polar surface area (TPSA) is 35.5 Å². The SMILES string of the molecule is Cc1ccc(C(C)C)c(OCC(=O)Oc2ccc(Br)c(C)c2)c1. The number of benzene rings is 2. The third-order valence-corrected chi connectivity index (χ3v) is 4.39. The average Bonchev–Trinajstić information content (AvgIpc) is 2.48. The first-order chi connectivity index (χ1) is 10.9. The Bertz CT molecular complexity index is 708. The molecular formula is C19H21BrO3. The Hall–Kier alpha value is -1.81. The molecule has 3 nitrogen and oxygen atoms in total. The first kappa shape index (κ1) is 17.5. The van der Waals surface area contributed by atoms with Crippen molar-refractivity contribution in [2.75, 3.05) is 6.61 Å². The predicted molar refractivity (Wildman–Crippen MR) is 95.3 cm³/mol. The highest BCUT2D eigenvalue weighted by Gasteiger charge is 2.12. The summed E-state index contributed by atoms with van der Waals surface area (Å²) in [6.07, 6.45) is 0. The fourth-order valence-electron chi connectivity index (χ4n) is 2.22. The lowest BCUT2D eigenvalue weighted by molar-refractivity contribution is -0.136. The first-order valence-electron chi connectivity index (χ1n) is 7.57. The molecule has 2 rings (SSSR count). The number of aryl methyl sites for hydroxylation is 2. The minimum atomic E-state index is -0.414. The molecule has 0 atom stereocenters. The summed E-state index contributed by atoms with van der Waals surface area (Å²) in [6, 6.07) is 11.5. The Balaban J connectivity index is 2.01. The predicted octanol–water partition coefficient (Wildman–Crippen LogP) is 5.17. The van der Waals surface area contributed by atoms with Gasteiger partial charge in [0.15, 0.2) is 6.61 Å². The van der Waals surface area contributed by atoms with Crippen molar-refractivity contribution in [2.45, 2.75) is 33.6 Å². The maximum atomic E-state index is 12.0. The minimum absolute atomic E-state index is 0.113. The van der Waals surface area contributed by atoms with E-state index >= 15 is 0 Å². The van der Waals surface area contributed by atoms with Crippen LogP contribution in [0.3, 0.4) is 0 Å². The number of hydrogen-bond acceptors (Lipinski definition) is 3. The fraction of sp³-hybridized carbons (Fsp3) is 0.316. The molecule has 2 aromatic rings. The Kier molecular flexibility index (Phi) is 5.83. The molecule has 0 amide bonds. The molecule has 0 aliphatic heterocycles. The molecule has 0 aliphatic carbocycles. The summed E-state index contributed by atoms with van der Waals surface area (Å²) in [7, 11) is 0. The zero-order valence-electron chi connectivity index (χ0n) is 13.9. The van der Waals surface area contributed by atoms with Crippen LogP contribution >= 0.6 is 15.9 Å². The minimum Gasteiger partial charge on any atom is -0.482 e. The molecule has 0 heterocycles. The molecule has 122 valence electrons. The van der Waals surface area contributed by atoms with Gasteiger partial charge in [0.25, 0.3) is 0 Å². The van der Waals surface area contributed by atoms with Crippen molar-refractivity contribution in [2.24, 2.45) is 0 Å². The van der Waals surface area contributed by atoms with E-state index in [0.717, 1.165) is 26.9 Å². The summed E-state index contributed by atoms with van der Waals surface area (Å²) in [6.45, 7) is 8.03. The van der Waals surface area contributed by atoms with Crippen molar-refractivity contribution in [1.29, 1.82) is 0 Å². The van der Waals surface area contributed by atoms with Gasteiger partial charge in [0.1, 0.15) is 11.5 Å². The van der Waals surface area contributed by atoms with Gasteiger partial charge in [-0.25, -0.2) is 4.79 Å². The van der Waals surface area contributed by atoms with Gasteiger partial charge >= 0.3 is 5.97 Å². The highest BCUT2D eigenvalue weighted by Crippen LogP contribution is 2.27. The Morgan fingerprint density at radius 3 is 2.52 bits per heavy atom. The normalized spacial score (nSPS) is 10.7. The number of hydrogen-bond donors (Lipinski definition) is 0. The molecule has 0 radical (unpaired) electrons. The standard InChI is InChI=1S/C19H21BrO3/c1-12(2)16-7-5-13(3)9-18(16)22-11-19(21)23-15-6-8-17(20)14(4)10-15/h5-10,12H,11H2,1-4H3. The third-order valence-electron chi connectivity index (χ3n) is 3.50. The number of esters is 1. The molecule has 0 saturated heterocycles. The van der Waals surface area contributed by atoms with E-state index in [9.17, 15) is 4.79 Å². The molecule has 0 unspecified atom stereocenters. The van der Waals surface area contributed by atoms with E-state index in [1.54, 1.807) is 6.07 Å². The van der Waals surface area contributed by atoms with Crippen LogP contribution in [0.2, 0.25) is 0 Å². The zero-order valence-corrected chi connectivity index (χ0v) is 15.4. The number of rotatable bonds is 5. The smallest absolute Gasteiger partial charge is 0.349 e. The molecule has 0 fully saturated rings. The van der Waals surface area contributed by atoms with E-state index < -0.39 is 5.97 Å². The second kappa shape index (κ2) is 7.64. The van der Waals surface area contributed by atoms with Crippen molar-refractivity contribution >= 4 is 21.9 Å². The Labute approximate surface area is 145 Å². The molecule has 4 heteroatoms. The number of ether oxygens (including phenoxy) is 2. The summed E-state index contributed by atoms with van der Waals surface area (Å²) in [4.78, 5) is 12.0. The van der Waals surface area contributed by atoms with Gasteiger partial charge in [-0.15, -0.1) is 0 Å². The van der Waals surface area contributed by atoms with Crippen molar-refractivity contribution in [3.8, 4) is 11.5 Å². The fourth-order valence-corrected chi connectivity index (χ4v) is 2.47. The Morgan fingerprint density at radius 1 is 1.13 bits per heavy atom. The maximum Gasteiger partial charge on any atom is 0.349 e. The Morgan fingerprint density at radius 2 is 1.87 bits per heavy atom. The van der Waals surface area contributed by atoms with E-state index in [2.05, 4.69) is 29.8 Å². The van der Waals surface area contributed by atoms with Gasteiger partial charge in [0.05, 0.1) is 0 Å². The molecule has 2 aromatic carbocycles. The van der Waals surface area contributed by atoms with E-state index in [0.29, 0.717) is 11.7 Å². The van der Waals surface area contributed by atoms with Gasteiger partial charge in [-0.1, -0.05) is 41.9 Å². The second-order valence-corrected chi connectivity index (χ2v) is 6.72. The summed E-state index contributed by atoms with van der Waals surface area (Å²) in [5, 5.41) is 0. The van der Waals surface area contributed by atoms with Gasteiger partial charge in [0, 0.05) is 4.47 Å². The summed E-state index contributed by atoms with van der Waals surface area (Å²) in [5.74, 6) is 1.18. The lowest BCUT2D eigenvalue weighted by Gasteiger charge is -2.14. The van der Waals surface area contributed by atoms with E-state index in [4.69, 9.17) is 9.47 Å². The molecular weight excluding hydrogens is 356 g/mol. The van der Waals surface area contributed by atoms with Crippen LogP contribution in [0.15, 0.2) is 40.9 Å². The lowest BCUT2D eigenvalue weighted by atomic mass is 10.0. The highest BCUT2D eigenvalue weighted by molar-refractivity contribution is 9.10. The van der Waals surface area contributed by atoms with Crippen molar-refractivity contribution < 1.29 is 14.3 Å². The molecule has 0 aromatic heterocycles. The molecule has 0 bridgehead atoms. The second-order valence-electron chi connectivity index (χ2n) is 5.87. The quantitative estimate of drug-likeness (QED) is 0.533. The lowest BCUT2D eigenvalue weighted by Crippen LogP contribution is -2.18. The maximum absolute atomic E-state index is 12.0. The van der Waals surface area contributed by atoms with E-state index in [-0.39, 0.29) is 6.61 Å². The van der Waals surface area contributed by atoms with Gasteiger partial charge in [-0.2, -0.15) is 0 Å². The van der Waals surface area contributed by atoms with Gasteiger partial charge in [-0.05, 0) is 60.7 Å². The van der Waals surface area contributed by atoms with Crippen molar-refractivity contribution in [1.82, 2.24) is 0 Å². The summed E-state index contributed by atoms with van der Waals surface area (Å²) >= 11 is 3.42. The molecule has 0 aliphatic rings. The first-order valence-corrected chi connectivity index (χ1v) is 8.36. The summed E-state index contributed by atoms with van der Waals surface area (Å²) in [5.41, 5.74) is 3.20. The number of carbonyl (C=O) groups is 1. The third kappa shape index (κ3) is 4.83. The molecule has 0 saturated carbocycles. The van der Waals surface area contributed by atoms with Crippen LogP contribution in [-0.2, 0) is 4.79 Å². The van der Waals surface area contributed by atoms with E-state index in [1.165, 1.54) is 0 Å². The molecule has 0 N–H and O–H groups in total. The zero-order chi connectivity index (χ0) is 17.0. The van der Waals surface area contributed by atoms with Crippen molar-refractivity contribution in [3.63, 3.8) is 0 Å². The van der Waals surface area contributed by atoms with Crippen LogP contribution in [0.5, 0.6) is 11.5 Å². The number of halogens is 1. The monoisotopic (exact) mass is 376 g/mol. The molecule has 0 spiro atoms. The van der Waals surface area contributed by atoms with Crippen molar-refractivity contribution in [3.05, 3.63) is 57.6 Å². The van der Waals surface area contributed by atoms with Crippen LogP contribution in [0.25, 0.3) is 0 Å². The molecule has 23 heavy (non-hydrogen) atoms. The van der Waals surface area contributed by atoms with Crippen LogP contribution in [0.4, 0.5) is 0 Å². The average molecular weight is 377 g/mol.